The van der Waals surface area contributed by atoms with Crippen LogP contribution in [0.3, 0.4) is 0 Å². The van der Waals surface area contributed by atoms with Crippen LogP contribution in [-0.4, -0.2) is 20.2 Å². The monoisotopic (exact) mass is 305 g/mol. The van der Waals surface area contributed by atoms with Gasteiger partial charge in [-0.05, 0) is 34.7 Å². The van der Waals surface area contributed by atoms with Crippen molar-refractivity contribution in [3.05, 3.63) is 52.5 Å². The molecule has 0 spiro atoms. The van der Waals surface area contributed by atoms with E-state index in [4.69, 9.17) is 28.9 Å². The molecule has 0 bridgehead atoms. The minimum atomic E-state index is 0.386. The number of nitrogen functional groups attached to an aromatic ring is 1. The molecule has 0 radical (unpaired) electrons. The maximum Gasteiger partial charge on any atom is 0.189 e. The Kier molecular flexibility index (Phi) is 3.30. The second kappa shape index (κ2) is 5.11. The van der Waals surface area contributed by atoms with Crippen molar-refractivity contribution in [2.45, 2.75) is 0 Å². The summed E-state index contributed by atoms with van der Waals surface area (Å²) in [5.74, 6) is 0.507. The summed E-state index contributed by atoms with van der Waals surface area (Å²) < 4.78 is 1.51. The van der Waals surface area contributed by atoms with E-state index < -0.39 is 0 Å². The van der Waals surface area contributed by atoms with Gasteiger partial charge in [0.25, 0.3) is 0 Å². The van der Waals surface area contributed by atoms with Crippen molar-refractivity contribution in [1.29, 1.82) is 0 Å². The normalized spacial score (nSPS) is 10.7. The first kappa shape index (κ1) is 12.9. The van der Waals surface area contributed by atoms with Crippen LogP contribution < -0.4 is 5.73 Å². The number of benzene rings is 2. The van der Waals surface area contributed by atoms with Crippen molar-refractivity contribution in [1.82, 2.24) is 20.2 Å². The Morgan fingerprint density at radius 2 is 1.80 bits per heavy atom. The highest BCUT2D eigenvalue weighted by Crippen LogP contribution is 2.31. The molecule has 1 aromatic heterocycles. The third-order valence-electron chi connectivity index (χ3n) is 2.83. The summed E-state index contributed by atoms with van der Waals surface area (Å²) in [6, 6.07) is 12.6. The lowest BCUT2D eigenvalue weighted by Crippen LogP contribution is -2.02. The first-order chi connectivity index (χ1) is 9.68. The Morgan fingerprint density at radius 3 is 2.60 bits per heavy atom. The van der Waals surface area contributed by atoms with Gasteiger partial charge in [-0.25, -0.2) is 0 Å². The predicted molar refractivity (Wildman–Crippen MR) is 79.0 cm³/mol. The quantitative estimate of drug-likeness (QED) is 0.738. The lowest BCUT2D eigenvalue weighted by atomic mass is 10.1. The average Bonchev–Trinajstić information content (AvgIpc) is 2.91. The third kappa shape index (κ3) is 2.11. The fraction of sp³-hybridized carbons (Fsp3) is 0. The van der Waals surface area contributed by atoms with Gasteiger partial charge >= 0.3 is 0 Å². The summed E-state index contributed by atoms with van der Waals surface area (Å²) in [6.07, 6.45) is 0. The Labute approximate surface area is 124 Å². The molecule has 0 atom stereocenters. The van der Waals surface area contributed by atoms with Crippen LogP contribution in [0.4, 0.5) is 5.69 Å². The van der Waals surface area contributed by atoms with E-state index in [1.54, 1.807) is 24.3 Å². The molecule has 3 aromatic rings. The first-order valence-corrected chi connectivity index (χ1v) is 6.51. The SMILES string of the molecule is Nc1ccccc1-c1nnnn1-c1cccc(Cl)c1Cl. The molecule has 0 unspecified atom stereocenters. The molecule has 0 aliphatic carbocycles. The highest BCUT2D eigenvalue weighted by Gasteiger charge is 2.16. The van der Waals surface area contributed by atoms with Crippen LogP contribution in [-0.2, 0) is 0 Å². The van der Waals surface area contributed by atoms with Crippen LogP contribution in [0.25, 0.3) is 17.1 Å². The minimum absolute atomic E-state index is 0.386. The zero-order valence-corrected chi connectivity index (χ0v) is 11.7. The van der Waals surface area contributed by atoms with E-state index in [0.29, 0.717) is 27.2 Å². The molecule has 5 nitrogen and oxygen atoms in total. The largest absolute Gasteiger partial charge is 0.398 e. The van der Waals surface area contributed by atoms with E-state index in [9.17, 15) is 0 Å². The molecule has 0 amide bonds. The maximum atomic E-state index is 6.20. The van der Waals surface area contributed by atoms with Crippen LogP contribution in [0.1, 0.15) is 0 Å². The zero-order valence-electron chi connectivity index (χ0n) is 10.2. The number of tetrazole rings is 1. The van der Waals surface area contributed by atoms with Gasteiger partial charge in [-0.1, -0.05) is 41.4 Å². The number of rotatable bonds is 2. The van der Waals surface area contributed by atoms with E-state index in [1.165, 1.54) is 4.68 Å². The van der Waals surface area contributed by atoms with Gasteiger partial charge in [0, 0.05) is 11.3 Å². The van der Waals surface area contributed by atoms with Crippen LogP contribution in [0, 0.1) is 0 Å². The predicted octanol–water partition coefficient (Wildman–Crippen LogP) is 3.22. The lowest BCUT2D eigenvalue weighted by molar-refractivity contribution is 0.791. The molecule has 0 fully saturated rings. The lowest BCUT2D eigenvalue weighted by Gasteiger charge is -2.08. The van der Waals surface area contributed by atoms with E-state index in [0.717, 1.165) is 5.56 Å². The van der Waals surface area contributed by atoms with E-state index in [2.05, 4.69) is 15.5 Å². The highest BCUT2D eigenvalue weighted by atomic mass is 35.5. The summed E-state index contributed by atoms with van der Waals surface area (Å²) in [6.45, 7) is 0. The Balaban J connectivity index is 2.21. The molecule has 1 heterocycles. The van der Waals surface area contributed by atoms with Gasteiger partial charge in [0.05, 0.1) is 15.7 Å². The standard InChI is InChI=1S/C13H9Cl2N5/c14-9-5-3-7-11(12(9)15)20-13(17-18-19-20)8-4-1-2-6-10(8)16/h1-7H,16H2. The molecule has 7 heteroatoms. The number of hydrogen-bond acceptors (Lipinski definition) is 4. The summed E-state index contributed by atoms with van der Waals surface area (Å²) in [7, 11) is 0. The molecule has 3 rings (SSSR count). The average molecular weight is 306 g/mol. The first-order valence-electron chi connectivity index (χ1n) is 5.76. The van der Waals surface area contributed by atoms with Gasteiger partial charge in [0.1, 0.15) is 0 Å². The maximum absolute atomic E-state index is 6.20. The van der Waals surface area contributed by atoms with Crippen molar-refractivity contribution in [2.24, 2.45) is 0 Å². The second-order valence-corrected chi connectivity index (χ2v) is 4.86. The van der Waals surface area contributed by atoms with Gasteiger partial charge in [0.15, 0.2) is 5.82 Å². The molecule has 0 aliphatic heterocycles. The second-order valence-electron chi connectivity index (χ2n) is 4.07. The molecule has 2 aromatic carbocycles. The van der Waals surface area contributed by atoms with Crippen LogP contribution in [0.5, 0.6) is 0 Å². The number of nitrogens with two attached hydrogens (primary N) is 1. The van der Waals surface area contributed by atoms with Gasteiger partial charge in [0.2, 0.25) is 0 Å². The van der Waals surface area contributed by atoms with Gasteiger partial charge < -0.3 is 5.73 Å². The number of halogens is 2. The topological polar surface area (TPSA) is 69.6 Å². The summed E-state index contributed by atoms with van der Waals surface area (Å²) >= 11 is 12.2. The number of anilines is 1. The van der Waals surface area contributed by atoms with E-state index in [1.807, 2.05) is 18.2 Å². The molecule has 0 aliphatic rings. The van der Waals surface area contributed by atoms with Gasteiger partial charge in [-0.3, -0.25) is 0 Å². The van der Waals surface area contributed by atoms with Crippen molar-refractivity contribution < 1.29 is 0 Å². The molecular formula is C13H9Cl2N5. The summed E-state index contributed by atoms with van der Waals surface area (Å²) in [5.41, 5.74) is 7.87. The van der Waals surface area contributed by atoms with Crippen molar-refractivity contribution in [2.75, 3.05) is 5.73 Å². The summed E-state index contributed by atoms with van der Waals surface area (Å²) in [5, 5.41) is 12.5. The number of nitrogens with zero attached hydrogens (tertiary/aromatic N) is 4. The minimum Gasteiger partial charge on any atom is -0.398 e. The van der Waals surface area contributed by atoms with Crippen molar-refractivity contribution >= 4 is 28.9 Å². The fourth-order valence-corrected chi connectivity index (χ4v) is 2.25. The zero-order chi connectivity index (χ0) is 14.1. The van der Waals surface area contributed by atoms with Gasteiger partial charge in [-0.15, -0.1) is 5.10 Å². The fourth-order valence-electron chi connectivity index (χ4n) is 1.87. The molecule has 0 saturated carbocycles. The van der Waals surface area contributed by atoms with Crippen molar-refractivity contribution in [3.8, 4) is 17.1 Å². The van der Waals surface area contributed by atoms with Crippen LogP contribution in [0.2, 0.25) is 10.0 Å². The third-order valence-corrected chi connectivity index (χ3v) is 3.64. The van der Waals surface area contributed by atoms with Crippen LogP contribution >= 0.6 is 23.2 Å². The highest BCUT2D eigenvalue weighted by molar-refractivity contribution is 6.43. The molecule has 2 N–H and O–H groups in total. The van der Waals surface area contributed by atoms with Gasteiger partial charge in [-0.2, -0.15) is 4.68 Å². The Morgan fingerprint density at radius 1 is 1.00 bits per heavy atom. The van der Waals surface area contributed by atoms with E-state index in [-0.39, 0.29) is 0 Å². The Hall–Kier alpha value is -2.11. The molecule has 100 valence electrons. The molecule has 20 heavy (non-hydrogen) atoms. The molecule has 0 saturated heterocycles. The summed E-state index contributed by atoms with van der Waals surface area (Å²) in [4.78, 5) is 0. The van der Waals surface area contributed by atoms with Crippen LogP contribution in [0.15, 0.2) is 42.5 Å². The van der Waals surface area contributed by atoms with Crippen molar-refractivity contribution in [3.63, 3.8) is 0 Å². The van der Waals surface area contributed by atoms with E-state index >= 15 is 0 Å². The number of aromatic nitrogens is 4. The molecular weight excluding hydrogens is 297 g/mol. The Bertz CT molecular complexity index is 769. The number of hydrogen-bond donors (Lipinski definition) is 1. The number of para-hydroxylation sites is 1. The smallest absolute Gasteiger partial charge is 0.189 e.